The van der Waals surface area contributed by atoms with Gasteiger partial charge in [0.1, 0.15) is 0 Å². The lowest BCUT2D eigenvalue weighted by Crippen LogP contribution is -2.44. The Kier molecular flexibility index (Phi) is 7.79. The van der Waals surface area contributed by atoms with Crippen LogP contribution in [0, 0.1) is 0 Å². The summed E-state index contributed by atoms with van der Waals surface area (Å²) in [5, 5.41) is 0. The molecule has 0 bridgehead atoms. The van der Waals surface area contributed by atoms with Crippen LogP contribution >= 0.6 is 0 Å². The smallest absolute Gasteiger partial charge is 0.171 e. The summed E-state index contributed by atoms with van der Waals surface area (Å²) < 4.78 is 10.3. The minimum atomic E-state index is -1.04. The molecule has 1 N–H and O–H groups in total. The summed E-state index contributed by atoms with van der Waals surface area (Å²) in [6.07, 6.45) is 2.47. The molecule has 0 aliphatic rings. The van der Waals surface area contributed by atoms with Gasteiger partial charge in [0.25, 0.3) is 0 Å². The van der Waals surface area contributed by atoms with E-state index in [9.17, 15) is 0 Å². The first-order chi connectivity index (χ1) is 5.76. The van der Waals surface area contributed by atoms with Crippen molar-refractivity contribution in [3.63, 3.8) is 0 Å². The molecule has 12 heavy (non-hydrogen) atoms. The SMILES string of the molecule is CCCCN[SiH](C)C(OC)OC. The minimum absolute atomic E-state index is 0.00172. The van der Waals surface area contributed by atoms with E-state index in [2.05, 4.69) is 18.5 Å². The molecule has 0 saturated heterocycles. The van der Waals surface area contributed by atoms with Gasteiger partial charge < -0.3 is 14.5 Å². The molecule has 74 valence electrons. The Morgan fingerprint density at radius 3 is 2.33 bits per heavy atom. The fourth-order valence-corrected chi connectivity index (χ4v) is 2.78. The summed E-state index contributed by atoms with van der Waals surface area (Å²) in [5.41, 5.74) is 0. The number of methoxy groups -OCH3 is 2. The van der Waals surface area contributed by atoms with Crippen LogP contribution in [-0.4, -0.2) is 35.6 Å². The molecule has 0 aromatic carbocycles. The maximum absolute atomic E-state index is 5.17. The first-order valence-corrected chi connectivity index (χ1v) is 6.95. The number of rotatable bonds is 7. The van der Waals surface area contributed by atoms with Crippen molar-refractivity contribution >= 4 is 8.96 Å². The third kappa shape index (κ3) is 4.87. The molecule has 0 fully saturated rings. The molecule has 0 radical (unpaired) electrons. The van der Waals surface area contributed by atoms with Gasteiger partial charge in [-0.15, -0.1) is 0 Å². The van der Waals surface area contributed by atoms with E-state index >= 15 is 0 Å². The molecule has 0 aromatic heterocycles. The van der Waals surface area contributed by atoms with Crippen molar-refractivity contribution in [1.29, 1.82) is 0 Å². The highest BCUT2D eigenvalue weighted by Gasteiger charge is 2.16. The maximum atomic E-state index is 5.17. The Balaban J connectivity index is 3.47. The van der Waals surface area contributed by atoms with Gasteiger partial charge in [0.2, 0.25) is 0 Å². The summed E-state index contributed by atoms with van der Waals surface area (Å²) in [6, 6.07) is 0. The van der Waals surface area contributed by atoms with Gasteiger partial charge in [-0.05, 0) is 13.0 Å². The maximum Gasteiger partial charge on any atom is 0.171 e. The van der Waals surface area contributed by atoms with Crippen LogP contribution in [0.2, 0.25) is 6.55 Å². The lowest BCUT2D eigenvalue weighted by Gasteiger charge is -2.20. The number of unbranched alkanes of at least 4 members (excludes halogenated alkanes) is 1. The monoisotopic (exact) mass is 191 g/mol. The Hall–Kier alpha value is 0.0969. The fraction of sp³-hybridized carbons (Fsp3) is 1.00. The predicted octanol–water partition coefficient (Wildman–Crippen LogP) is 0.888. The van der Waals surface area contributed by atoms with Crippen molar-refractivity contribution in [1.82, 2.24) is 4.98 Å². The summed E-state index contributed by atoms with van der Waals surface area (Å²) in [5.74, 6) is 0.00172. The summed E-state index contributed by atoms with van der Waals surface area (Å²) in [6.45, 7) is 5.48. The topological polar surface area (TPSA) is 30.5 Å². The van der Waals surface area contributed by atoms with Crippen LogP contribution in [-0.2, 0) is 9.47 Å². The molecule has 0 aliphatic carbocycles. The quantitative estimate of drug-likeness (QED) is 0.368. The van der Waals surface area contributed by atoms with Crippen LogP contribution < -0.4 is 4.98 Å². The second-order valence-corrected chi connectivity index (χ2v) is 5.47. The molecule has 0 saturated carbocycles. The van der Waals surface area contributed by atoms with Crippen LogP contribution in [0.5, 0.6) is 0 Å². The van der Waals surface area contributed by atoms with Crippen LogP contribution in [0.15, 0.2) is 0 Å². The molecule has 0 spiro atoms. The third-order valence-electron chi connectivity index (χ3n) is 1.87. The van der Waals surface area contributed by atoms with Gasteiger partial charge in [-0.1, -0.05) is 19.9 Å². The van der Waals surface area contributed by atoms with Crippen molar-refractivity contribution in [2.75, 3.05) is 20.8 Å². The van der Waals surface area contributed by atoms with E-state index in [1.807, 2.05) is 0 Å². The normalized spacial score (nSPS) is 13.8. The molecule has 0 amide bonds. The van der Waals surface area contributed by atoms with Gasteiger partial charge in [0.15, 0.2) is 14.9 Å². The lowest BCUT2D eigenvalue weighted by molar-refractivity contribution is -0.0479. The Morgan fingerprint density at radius 1 is 1.33 bits per heavy atom. The third-order valence-corrected chi connectivity index (χ3v) is 4.16. The number of ether oxygens (including phenoxy) is 2. The standard InChI is InChI=1S/C8H21NO2Si/c1-5-6-7-9-12(4)8(10-2)11-3/h8-9,12H,5-7H2,1-4H3. The minimum Gasteiger partial charge on any atom is -0.358 e. The summed E-state index contributed by atoms with van der Waals surface area (Å²) in [7, 11) is 2.34. The highest BCUT2D eigenvalue weighted by atomic mass is 28.3. The zero-order chi connectivity index (χ0) is 9.40. The van der Waals surface area contributed by atoms with E-state index in [1.165, 1.54) is 12.8 Å². The molecule has 3 nitrogen and oxygen atoms in total. The van der Waals surface area contributed by atoms with Crippen molar-refractivity contribution in [2.24, 2.45) is 0 Å². The second-order valence-electron chi connectivity index (χ2n) is 2.94. The van der Waals surface area contributed by atoms with E-state index in [-0.39, 0.29) is 5.91 Å². The fourth-order valence-electron chi connectivity index (χ4n) is 1.11. The Morgan fingerprint density at radius 2 is 1.92 bits per heavy atom. The van der Waals surface area contributed by atoms with Gasteiger partial charge in [-0.3, -0.25) is 0 Å². The highest BCUT2D eigenvalue weighted by Crippen LogP contribution is 1.95. The number of hydrogen-bond acceptors (Lipinski definition) is 3. The predicted molar refractivity (Wildman–Crippen MR) is 53.7 cm³/mol. The first-order valence-electron chi connectivity index (χ1n) is 4.55. The van der Waals surface area contributed by atoms with Crippen molar-refractivity contribution in [3.05, 3.63) is 0 Å². The van der Waals surface area contributed by atoms with E-state index in [1.54, 1.807) is 14.2 Å². The van der Waals surface area contributed by atoms with E-state index in [0.29, 0.717) is 0 Å². The Bertz CT molecular complexity index is 99.1. The van der Waals surface area contributed by atoms with Gasteiger partial charge >= 0.3 is 0 Å². The van der Waals surface area contributed by atoms with E-state index in [0.717, 1.165) is 6.54 Å². The zero-order valence-electron chi connectivity index (χ0n) is 8.59. The molecule has 0 heterocycles. The van der Waals surface area contributed by atoms with Gasteiger partial charge in [0.05, 0.1) is 0 Å². The van der Waals surface area contributed by atoms with Crippen molar-refractivity contribution in [2.45, 2.75) is 32.2 Å². The van der Waals surface area contributed by atoms with Gasteiger partial charge in [0, 0.05) is 14.2 Å². The average Bonchev–Trinajstić information content (AvgIpc) is 2.07. The van der Waals surface area contributed by atoms with E-state index < -0.39 is 8.96 Å². The summed E-state index contributed by atoms with van der Waals surface area (Å²) >= 11 is 0. The summed E-state index contributed by atoms with van der Waals surface area (Å²) in [4.78, 5) is 3.47. The molecule has 1 unspecified atom stereocenters. The molecule has 4 heteroatoms. The van der Waals surface area contributed by atoms with Crippen molar-refractivity contribution in [3.8, 4) is 0 Å². The van der Waals surface area contributed by atoms with Gasteiger partial charge in [-0.25, -0.2) is 0 Å². The lowest BCUT2D eigenvalue weighted by atomic mass is 10.3. The molecule has 1 atom stereocenters. The van der Waals surface area contributed by atoms with Crippen LogP contribution in [0.4, 0.5) is 0 Å². The first kappa shape index (κ1) is 12.1. The largest absolute Gasteiger partial charge is 0.358 e. The second kappa shape index (κ2) is 7.73. The molecule has 0 aromatic rings. The molecular formula is C8H21NO2Si. The Labute approximate surface area is 77.1 Å². The van der Waals surface area contributed by atoms with Crippen LogP contribution in [0.1, 0.15) is 19.8 Å². The number of hydrogen-bond donors (Lipinski definition) is 1. The zero-order valence-corrected chi connectivity index (χ0v) is 9.75. The van der Waals surface area contributed by atoms with Crippen molar-refractivity contribution < 1.29 is 9.47 Å². The molecular weight excluding hydrogens is 170 g/mol. The highest BCUT2D eigenvalue weighted by molar-refractivity contribution is 6.55. The number of nitrogens with one attached hydrogen (secondary N) is 1. The average molecular weight is 191 g/mol. The molecule has 0 aliphatic heterocycles. The van der Waals surface area contributed by atoms with Crippen LogP contribution in [0.25, 0.3) is 0 Å². The van der Waals surface area contributed by atoms with E-state index in [4.69, 9.17) is 9.47 Å². The van der Waals surface area contributed by atoms with Gasteiger partial charge in [-0.2, -0.15) is 0 Å². The molecule has 0 rings (SSSR count). The van der Waals surface area contributed by atoms with Crippen LogP contribution in [0.3, 0.4) is 0 Å².